The Morgan fingerprint density at radius 2 is 2.04 bits per heavy atom. The van der Waals surface area contributed by atoms with Gasteiger partial charge in [-0.2, -0.15) is 0 Å². The van der Waals surface area contributed by atoms with Gasteiger partial charge in [-0.15, -0.1) is 21.5 Å². The van der Waals surface area contributed by atoms with Crippen LogP contribution < -0.4 is 15.9 Å². The van der Waals surface area contributed by atoms with Gasteiger partial charge in [0.15, 0.2) is 5.82 Å². The Balaban J connectivity index is 1.57. The first-order valence-corrected chi connectivity index (χ1v) is 10.6. The number of carbonyl (C=O) groups excluding carboxylic acids is 1. The highest BCUT2D eigenvalue weighted by Crippen LogP contribution is 2.24. The summed E-state index contributed by atoms with van der Waals surface area (Å²) in [6.07, 6.45) is 0. The van der Waals surface area contributed by atoms with Gasteiger partial charge in [-0.25, -0.2) is 4.68 Å². The maximum absolute atomic E-state index is 12.3. The highest BCUT2D eigenvalue weighted by atomic mass is 32.2. The van der Waals surface area contributed by atoms with E-state index in [9.17, 15) is 4.79 Å². The lowest BCUT2D eigenvalue weighted by Crippen LogP contribution is -2.30. The molecule has 1 amide bonds. The zero-order chi connectivity index (χ0) is 20.1. The molecule has 7 nitrogen and oxygen atoms in total. The first kappa shape index (κ1) is 20.2. The number of nitrogens with zero attached hydrogens (tertiary/aromatic N) is 3. The Bertz CT molecular complexity index is 920. The van der Waals surface area contributed by atoms with Crippen LogP contribution in [0.25, 0.3) is 0 Å². The highest BCUT2D eigenvalue weighted by Gasteiger charge is 2.19. The van der Waals surface area contributed by atoms with E-state index >= 15 is 0 Å². The van der Waals surface area contributed by atoms with Gasteiger partial charge in [-0.1, -0.05) is 36.0 Å². The van der Waals surface area contributed by atoms with Crippen LogP contribution in [0.2, 0.25) is 0 Å². The normalized spacial score (nSPS) is 12.0. The van der Waals surface area contributed by atoms with Crippen molar-refractivity contribution in [3.63, 3.8) is 0 Å². The van der Waals surface area contributed by atoms with Crippen molar-refractivity contribution in [1.29, 1.82) is 0 Å². The number of hydrogen-bond acceptors (Lipinski definition) is 7. The predicted octanol–water partition coefficient (Wildman–Crippen LogP) is 3.05. The number of hydrogen-bond donors (Lipinski definition) is 2. The number of aryl methyl sites for hydroxylation is 2. The average molecular weight is 418 g/mol. The summed E-state index contributed by atoms with van der Waals surface area (Å²) in [5, 5.41) is 13.2. The minimum Gasteiger partial charge on any atom is -0.485 e. The van der Waals surface area contributed by atoms with Crippen LogP contribution >= 0.6 is 23.1 Å². The van der Waals surface area contributed by atoms with Gasteiger partial charge in [0.25, 0.3) is 0 Å². The largest absolute Gasteiger partial charge is 0.485 e. The molecule has 0 aliphatic carbocycles. The van der Waals surface area contributed by atoms with E-state index in [1.165, 1.54) is 16.4 Å². The number of ether oxygens (including phenoxy) is 1. The van der Waals surface area contributed by atoms with E-state index in [1.54, 1.807) is 11.3 Å². The number of thiophene rings is 1. The highest BCUT2D eigenvalue weighted by molar-refractivity contribution is 8.00. The number of nitrogens with two attached hydrogens (primary N) is 1. The summed E-state index contributed by atoms with van der Waals surface area (Å²) in [5.41, 5.74) is 2.10. The van der Waals surface area contributed by atoms with Gasteiger partial charge >= 0.3 is 0 Å². The lowest BCUT2D eigenvalue weighted by atomic mass is 10.1. The molecule has 9 heteroatoms. The van der Waals surface area contributed by atoms with Crippen LogP contribution in [0.1, 0.15) is 28.8 Å². The smallest absolute Gasteiger partial charge is 0.233 e. The van der Waals surface area contributed by atoms with Crippen molar-refractivity contribution in [2.24, 2.45) is 0 Å². The van der Waals surface area contributed by atoms with Crippen LogP contribution in [0.3, 0.4) is 0 Å². The number of nitrogen functional groups attached to an aromatic ring is 1. The van der Waals surface area contributed by atoms with E-state index in [0.29, 0.717) is 17.5 Å². The molecule has 0 saturated heterocycles. The van der Waals surface area contributed by atoms with E-state index in [2.05, 4.69) is 15.5 Å². The predicted molar refractivity (Wildman–Crippen MR) is 112 cm³/mol. The fourth-order valence-corrected chi connectivity index (χ4v) is 4.05. The van der Waals surface area contributed by atoms with Gasteiger partial charge in [0.1, 0.15) is 12.4 Å². The van der Waals surface area contributed by atoms with E-state index in [4.69, 9.17) is 10.6 Å². The minimum absolute atomic E-state index is 0.0743. The molecule has 0 spiro atoms. The van der Waals surface area contributed by atoms with Crippen molar-refractivity contribution in [1.82, 2.24) is 20.2 Å². The number of amides is 1. The van der Waals surface area contributed by atoms with Crippen LogP contribution in [0.4, 0.5) is 0 Å². The van der Waals surface area contributed by atoms with Crippen LogP contribution in [0.5, 0.6) is 5.75 Å². The van der Waals surface area contributed by atoms with Crippen molar-refractivity contribution in [3.05, 3.63) is 57.5 Å². The van der Waals surface area contributed by atoms with Gasteiger partial charge in [0.2, 0.25) is 11.1 Å². The number of rotatable bonds is 8. The van der Waals surface area contributed by atoms with Crippen molar-refractivity contribution < 1.29 is 9.53 Å². The second-order valence-electron chi connectivity index (χ2n) is 6.34. The SMILES string of the molecule is Cc1cccc(C)c1OCc1nnc(SC(C)C(=O)NCc2cccs2)n1N. The fraction of sp³-hybridized carbons (Fsp3) is 0.316. The number of para-hydroxylation sites is 1. The van der Waals surface area contributed by atoms with Crippen LogP contribution in [-0.4, -0.2) is 26.0 Å². The van der Waals surface area contributed by atoms with Crippen molar-refractivity contribution in [3.8, 4) is 5.75 Å². The zero-order valence-corrected chi connectivity index (χ0v) is 17.6. The monoisotopic (exact) mass is 417 g/mol. The van der Waals surface area contributed by atoms with E-state index in [-0.39, 0.29) is 17.8 Å². The molecule has 0 saturated carbocycles. The molecule has 0 fully saturated rings. The van der Waals surface area contributed by atoms with Gasteiger partial charge in [-0.3, -0.25) is 4.79 Å². The molecule has 0 bridgehead atoms. The van der Waals surface area contributed by atoms with Gasteiger partial charge < -0.3 is 15.9 Å². The Labute approximate surface area is 172 Å². The Hall–Kier alpha value is -2.52. The molecule has 2 aromatic heterocycles. The molecule has 1 unspecified atom stereocenters. The van der Waals surface area contributed by atoms with Crippen LogP contribution in [0, 0.1) is 13.8 Å². The number of aromatic nitrogens is 3. The fourth-order valence-electron chi connectivity index (χ4n) is 2.59. The molecule has 28 heavy (non-hydrogen) atoms. The first-order chi connectivity index (χ1) is 13.5. The number of benzene rings is 1. The van der Waals surface area contributed by atoms with Gasteiger partial charge in [0.05, 0.1) is 11.8 Å². The summed E-state index contributed by atoms with van der Waals surface area (Å²) in [4.78, 5) is 13.4. The molecule has 0 radical (unpaired) electrons. The lowest BCUT2D eigenvalue weighted by Gasteiger charge is -2.12. The molecular weight excluding hydrogens is 394 g/mol. The minimum atomic E-state index is -0.348. The van der Waals surface area contributed by atoms with E-state index in [0.717, 1.165) is 21.8 Å². The molecular formula is C19H23N5O2S2. The molecule has 3 N–H and O–H groups in total. The van der Waals surface area contributed by atoms with Gasteiger partial charge in [0, 0.05) is 4.88 Å². The quantitative estimate of drug-likeness (QED) is 0.432. The summed E-state index contributed by atoms with van der Waals surface area (Å²) >= 11 is 2.87. The lowest BCUT2D eigenvalue weighted by molar-refractivity contribution is -0.120. The first-order valence-electron chi connectivity index (χ1n) is 8.81. The van der Waals surface area contributed by atoms with E-state index < -0.39 is 0 Å². The third-order valence-electron chi connectivity index (χ3n) is 4.16. The summed E-state index contributed by atoms with van der Waals surface area (Å²) in [7, 11) is 0. The van der Waals surface area contributed by atoms with Crippen LogP contribution in [0.15, 0.2) is 40.9 Å². The topological polar surface area (TPSA) is 95.1 Å². The summed E-state index contributed by atoms with van der Waals surface area (Å²) in [5.74, 6) is 7.35. The Morgan fingerprint density at radius 1 is 1.29 bits per heavy atom. The molecule has 1 atom stereocenters. The molecule has 0 aliphatic rings. The Morgan fingerprint density at radius 3 is 2.71 bits per heavy atom. The molecule has 1 aromatic carbocycles. The van der Waals surface area contributed by atoms with Gasteiger partial charge in [-0.05, 0) is 43.3 Å². The maximum atomic E-state index is 12.3. The zero-order valence-electron chi connectivity index (χ0n) is 16.0. The number of carbonyl (C=O) groups is 1. The number of thioether (sulfide) groups is 1. The summed E-state index contributed by atoms with van der Waals surface area (Å²) in [6, 6.07) is 9.92. The molecule has 148 valence electrons. The second-order valence-corrected chi connectivity index (χ2v) is 8.68. The molecule has 3 aromatic rings. The third kappa shape index (κ3) is 4.85. The number of nitrogens with one attached hydrogen (secondary N) is 1. The van der Waals surface area contributed by atoms with Crippen molar-refractivity contribution in [2.45, 2.75) is 44.3 Å². The molecule has 0 aliphatic heterocycles. The maximum Gasteiger partial charge on any atom is 0.233 e. The van der Waals surface area contributed by atoms with Crippen molar-refractivity contribution in [2.75, 3.05) is 5.84 Å². The molecule has 3 rings (SSSR count). The Kier molecular flexibility index (Phi) is 6.58. The standard InChI is InChI=1S/C19H23N5O2S2/c1-12-6-4-7-13(2)17(12)26-11-16-22-23-19(24(16)20)28-14(3)18(25)21-10-15-8-5-9-27-15/h4-9,14H,10-11,20H2,1-3H3,(H,21,25). The van der Waals surface area contributed by atoms with E-state index in [1.807, 2.05) is 56.5 Å². The summed E-state index contributed by atoms with van der Waals surface area (Å²) in [6.45, 7) is 6.52. The second kappa shape index (κ2) is 9.11. The van der Waals surface area contributed by atoms with Crippen LogP contribution in [-0.2, 0) is 17.9 Å². The molecule has 2 heterocycles. The third-order valence-corrected chi connectivity index (χ3v) is 6.09. The summed E-state index contributed by atoms with van der Waals surface area (Å²) < 4.78 is 7.27. The van der Waals surface area contributed by atoms with Crippen molar-refractivity contribution >= 4 is 29.0 Å². The average Bonchev–Trinajstić information content (AvgIpc) is 3.30.